The van der Waals surface area contributed by atoms with Gasteiger partial charge >= 0.3 is 0 Å². The van der Waals surface area contributed by atoms with E-state index in [2.05, 4.69) is 50.8 Å². The van der Waals surface area contributed by atoms with Crippen LogP contribution in [0.1, 0.15) is 20.3 Å². The Morgan fingerprint density at radius 3 is 2.33 bits per heavy atom. The van der Waals surface area contributed by atoms with Crippen molar-refractivity contribution in [2.24, 2.45) is 0 Å². The normalized spacial score (nSPS) is 12.5. The Morgan fingerprint density at radius 1 is 1.33 bits per heavy atom. The molecule has 0 saturated carbocycles. The van der Waals surface area contributed by atoms with Crippen molar-refractivity contribution < 1.29 is 0 Å². The van der Waals surface area contributed by atoms with Gasteiger partial charge in [-0.2, -0.15) is 12.6 Å². The van der Waals surface area contributed by atoms with Crippen molar-refractivity contribution in [3.05, 3.63) is 0 Å². The van der Waals surface area contributed by atoms with Gasteiger partial charge in [-0.25, -0.2) is 0 Å². The third-order valence-corrected chi connectivity index (χ3v) is 2.57. The molecule has 2 nitrogen and oxygen atoms in total. The van der Waals surface area contributed by atoms with Crippen LogP contribution in [0.2, 0.25) is 0 Å². The molecule has 0 amide bonds. The molecule has 3 heteroatoms. The molecular formula is C9H22N2S. The Balaban J connectivity index is 3.31. The highest BCUT2D eigenvalue weighted by atomic mass is 32.1. The van der Waals surface area contributed by atoms with Crippen molar-refractivity contribution in [3.8, 4) is 0 Å². The van der Waals surface area contributed by atoms with E-state index in [1.54, 1.807) is 0 Å². The van der Waals surface area contributed by atoms with Gasteiger partial charge in [-0.05, 0) is 47.5 Å². The van der Waals surface area contributed by atoms with Crippen LogP contribution in [-0.2, 0) is 0 Å². The largest absolute Gasteiger partial charge is 0.311 e. The van der Waals surface area contributed by atoms with E-state index in [1.165, 1.54) is 6.42 Å². The van der Waals surface area contributed by atoms with E-state index >= 15 is 0 Å². The molecular weight excluding hydrogens is 168 g/mol. The predicted molar refractivity (Wildman–Crippen MR) is 59.1 cm³/mol. The maximum Gasteiger partial charge on any atom is 0.0213 e. The first-order valence-electron chi connectivity index (χ1n) is 4.48. The van der Waals surface area contributed by atoms with Crippen LogP contribution in [0.5, 0.6) is 0 Å². The summed E-state index contributed by atoms with van der Waals surface area (Å²) in [6.07, 6.45) is 1.20. The standard InChI is InChI=1S/C9H22N2S/c1-9(2,8-12)10-6-5-7-11(3)4/h10,12H,5-8H2,1-4H3. The third-order valence-electron chi connectivity index (χ3n) is 1.78. The van der Waals surface area contributed by atoms with Crippen LogP contribution >= 0.6 is 12.6 Å². The summed E-state index contributed by atoms with van der Waals surface area (Å²) in [5.41, 5.74) is 0.176. The van der Waals surface area contributed by atoms with Crippen molar-refractivity contribution in [1.82, 2.24) is 10.2 Å². The number of thiol groups is 1. The van der Waals surface area contributed by atoms with Gasteiger partial charge in [0.05, 0.1) is 0 Å². The second kappa shape index (κ2) is 5.84. The van der Waals surface area contributed by atoms with Gasteiger partial charge in [0, 0.05) is 11.3 Å². The molecule has 12 heavy (non-hydrogen) atoms. The summed E-state index contributed by atoms with van der Waals surface area (Å²) >= 11 is 4.27. The molecule has 0 bridgehead atoms. The minimum Gasteiger partial charge on any atom is -0.311 e. The van der Waals surface area contributed by atoms with Crippen molar-refractivity contribution >= 4 is 12.6 Å². The summed E-state index contributed by atoms with van der Waals surface area (Å²) in [6, 6.07) is 0. The molecule has 0 heterocycles. The molecule has 0 spiro atoms. The summed E-state index contributed by atoms with van der Waals surface area (Å²) in [5, 5.41) is 3.46. The molecule has 0 aliphatic heterocycles. The second-order valence-electron chi connectivity index (χ2n) is 4.13. The first kappa shape index (κ1) is 12.3. The maximum absolute atomic E-state index is 4.27. The average Bonchev–Trinajstić information content (AvgIpc) is 1.98. The number of rotatable bonds is 6. The lowest BCUT2D eigenvalue weighted by atomic mass is 10.1. The van der Waals surface area contributed by atoms with Gasteiger partial charge in [-0.15, -0.1) is 0 Å². The van der Waals surface area contributed by atoms with Crippen molar-refractivity contribution in [2.45, 2.75) is 25.8 Å². The zero-order chi connectivity index (χ0) is 9.61. The summed E-state index contributed by atoms with van der Waals surface area (Å²) < 4.78 is 0. The number of nitrogens with zero attached hydrogens (tertiary/aromatic N) is 1. The Labute approximate surface area is 82.1 Å². The van der Waals surface area contributed by atoms with Crippen LogP contribution < -0.4 is 5.32 Å². The van der Waals surface area contributed by atoms with Crippen molar-refractivity contribution in [3.63, 3.8) is 0 Å². The molecule has 0 aromatic rings. The van der Waals surface area contributed by atoms with E-state index < -0.39 is 0 Å². The van der Waals surface area contributed by atoms with Gasteiger partial charge in [-0.3, -0.25) is 0 Å². The Bertz CT molecular complexity index is 113. The lowest BCUT2D eigenvalue weighted by Gasteiger charge is -2.24. The van der Waals surface area contributed by atoms with Crippen LogP contribution in [0.25, 0.3) is 0 Å². The summed E-state index contributed by atoms with van der Waals surface area (Å²) in [7, 11) is 4.20. The fraction of sp³-hybridized carbons (Fsp3) is 1.00. The van der Waals surface area contributed by atoms with E-state index in [4.69, 9.17) is 0 Å². The second-order valence-corrected chi connectivity index (χ2v) is 4.44. The highest BCUT2D eigenvalue weighted by Gasteiger charge is 2.12. The fourth-order valence-electron chi connectivity index (χ4n) is 0.878. The summed E-state index contributed by atoms with van der Waals surface area (Å²) in [4.78, 5) is 2.20. The Morgan fingerprint density at radius 2 is 1.92 bits per heavy atom. The topological polar surface area (TPSA) is 15.3 Å². The number of hydrogen-bond acceptors (Lipinski definition) is 3. The lowest BCUT2D eigenvalue weighted by molar-refractivity contribution is 0.368. The SMILES string of the molecule is CN(C)CCCNC(C)(C)CS. The minimum absolute atomic E-state index is 0.176. The zero-order valence-electron chi connectivity index (χ0n) is 8.72. The third kappa shape index (κ3) is 6.95. The molecule has 0 aromatic carbocycles. The zero-order valence-corrected chi connectivity index (χ0v) is 9.62. The van der Waals surface area contributed by atoms with E-state index in [1.807, 2.05) is 0 Å². The predicted octanol–water partition coefficient (Wildman–Crippen LogP) is 1.24. The summed E-state index contributed by atoms with van der Waals surface area (Å²) in [5.74, 6) is 0.884. The molecule has 0 fully saturated rings. The van der Waals surface area contributed by atoms with E-state index in [9.17, 15) is 0 Å². The van der Waals surface area contributed by atoms with E-state index in [0.717, 1.165) is 18.8 Å². The summed E-state index contributed by atoms with van der Waals surface area (Å²) in [6.45, 7) is 6.58. The molecule has 74 valence electrons. The monoisotopic (exact) mass is 190 g/mol. The molecule has 1 N–H and O–H groups in total. The highest BCUT2D eigenvalue weighted by molar-refractivity contribution is 7.80. The first-order chi connectivity index (χ1) is 5.48. The van der Waals surface area contributed by atoms with Crippen LogP contribution in [0.4, 0.5) is 0 Å². The van der Waals surface area contributed by atoms with Gasteiger partial charge in [0.1, 0.15) is 0 Å². The Hall–Kier alpha value is 0.270. The fourth-order valence-corrected chi connectivity index (χ4v) is 0.990. The minimum atomic E-state index is 0.176. The lowest BCUT2D eigenvalue weighted by Crippen LogP contribution is -2.42. The van der Waals surface area contributed by atoms with Gasteiger partial charge in [0.2, 0.25) is 0 Å². The Kier molecular flexibility index (Phi) is 5.97. The number of hydrogen-bond donors (Lipinski definition) is 2. The van der Waals surface area contributed by atoms with E-state index in [0.29, 0.717) is 0 Å². The molecule has 0 aliphatic carbocycles. The molecule has 0 aliphatic rings. The molecule has 0 rings (SSSR count). The number of nitrogens with one attached hydrogen (secondary N) is 1. The molecule has 0 saturated heterocycles. The van der Waals surface area contributed by atoms with Crippen molar-refractivity contribution in [1.29, 1.82) is 0 Å². The van der Waals surface area contributed by atoms with Gasteiger partial charge in [-0.1, -0.05) is 0 Å². The molecule has 0 radical (unpaired) electrons. The van der Waals surface area contributed by atoms with Gasteiger partial charge in [0.15, 0.2) is 0 Å². The van der Waals surface area contributed by atoms with Gasteiger partial charge in [0.25, 0.3) is 0 Å². The van der Waals surface area contributed by atoms with Crippen LogP contribution in [0, 0.1) is 0 Å². The average molecular weight is 190 g/mol. The van der Waals surface area contributed by atoms with Crippen LogP contribution in [-0.4, -0.2) is 43.4 Å². The maximum atomic E-state index is 4.27. The van der Waals surface area contributed by atoms with E-state index in [-0.39, 0.29) is 5.54 Å². The van der Waals surface area contributed by atoms with Crippen LogP contribution in [0.3, 0.4) is 0 Å². The molecule has 0 unspecified atom stereocenters. The highest BCUT2D eigenvalue weighted by Crippen LogP contribution is 2.03. The van der Waals surface area contributed by atoms with Crippen molar-refractivity contribution in [2.75, 3.05) is 32.9 Å². The quantitative estimate of drug-likeness (QED) is 0.484. The molecule has 0 aromatic heterocycles. The molecule has 0 atom stereocenters. The first-order valence-corrected chi connectivity index (χ1v) is 5.12. The van der Waals surface area contributed by atoms with Gasteiger partial charge < -0.3 is 10.2 Å². The van der Waals surface area contributed by atoms with Crippen LogP contribution in [0.15, 0.2) is 0 Å². The smallest absolute Gasteiger partial charge is 0.0213 e.